The number of aliphatic hydroxyl groups excluding tert-OH is 4. The number of nitrogens with zero attached hydrogens (tertiary/aromatic N) is 2. The van der Waals surface area contributed by atoms with E-state index in [-0.39, 0.29) is 11.3 Å². The minimum atomic E-state index is -1.45. The average Bonchev–Trinajstić information content (AvgIpc) is 3.32. The molecule has 0 spiro atoms. The topological polar surface area (TPSA) is 153 Å². The van der Waals surface area contributed by atoms with Crippen LogP contribution in [-0.4, -0.2) is 125 Å². The number of carbonyl (C=O) groups is 1. The Balaban J connectivity index is 0.864. The number of aliphatic imine (C=N–C) groups is 1. The van der Waals surface area contributed by atoms with Gasteiger partial charge >= 0.3 is 0 Å². The second-order valence-electron chi connectivity index (χ2n) is 11.6. The van der Waals surface area contributed by atoms with Crippen molar-refractivity contribution in [1.82, 2.24) is 10.2 Å². The first-order valence-electron chi connectivity index (χ1n) is 14.1. The minimum Gasteiger partial charge on any atom is -0.388 e. The molecule has 0 radical (unpaired) electrons. The van der Waals surface area contributed by atoms with Crippen molar-refractivity contribution in [3.63, 3.8) is 0 Å². The van der Waals surface area contributed by atoms with Crippen molar-refractivity contribution in [2.75, 3.05) is 58.5 Å². The van der Waals surface area contributed by atoms with Crippen LogP contribution in [0.15, 0.2) is 4.99 Å². The maximum atomic E-state index is 12.9. The zero-order chi connectivity index (χ0) is 26.7. The van der Waals surface area contributed by atoms with Gasteiger partial charge in [0.05, 0.1) is 52.2 Å². The Hall–Kier alpha value is -0.990. The van der Waals surface area contributed by atoms with Crippen LogP contribution in [0.5, 0.6) is 0 Å². The molecule has 38 heavy (non-hydrogen) atoms. The van der Waals surface area contributed by atoms with Gasteiger partial charge in [-0.25, -0.2) is 0 Å². The average molecular weight is 558 g/mol. The predicted octanol–water partition coefficient (Wildman–Crippen LogP) is -0.443. The van der Waals surface area contributed by atoms with E-state index in [0.717, 1.165) is 37.0 Å². The van der Waals surface area contributed by atoms with Crippen LogP contribution in [0.25, 0.3) is 0 Å². The van der Waals surface area contributed by atoms with E-state index in [2.05, 4.69) is 10.3 Å². The number of hydrogen-bond acceptors (Lipinski definition) is 10. The summed E-state index contributed by atoms with van der Waals surface area (Å²) in [6.07, 6.45) is 1.97. The zero-order valence-electron chi connectivity index (χ0n) is 21.9. The number of carbonyl (C=O) groups excluding carboxylic acids is 1. The predicted molar refractivity (Wildman–Crippen MR) is 140 cm³/mol. The number of amides is 1. The van der Waals surface area contributed by atoms with E-state index in [1.807, 2.05) is 0 Å². The van der Waals surface area contributed by atoms with Gasteiger partial charge in [0.15, 0.2) is 11.4 Å². The highest BCUT2D eigenvalue weighted by Crippen LogP contribution is 2.60. The summed E-state index contributed by atoms with van der Waals surface area (Å²) in [6, 6.07) is -0.485. The van der Waals surface area contributed by atoms with Crippen molar-refractivity contribution in [1.29, 1.82) is 0 Å². The van der Waals surface area contributed by atoms with Crippen molar-refractivity contribution in [2.24, 2.45) is 28.2 Å². The first-order chi connectivity index (χ1) is 18.4. The summed E-state index contributed by atoms with van der Waals surface area (Å²) in [5.74, 6) is 3.01. The van der Waals surface area contributed by atoms with Crippen LogP contribution in [0.4, 0.5) is 0 Å². The monoisotopic (exact) mass is 557 g/mol. The van der Waals surface area contributed by atoms with E-state index in [1.165, 1.54) is 35.9 Å². The molecular formula is C26H43N3O8S. The summed E-state index contributed by atoms with van der Waals surface area (Å²) in [6.45, 7) is 3.52. The number of hydrogen-bond donors (Lipinski definition) is 5. The molecule has 6 aliphatic rings. The van der Waals surface area contributed by atoms with E-state index < -0.39 is 30.6 Å². The van der Waals surface area contributed by atoms with Gasteiger partial charge in [0.1, 0.15) is 18.3 Å². The molecule has 4 saturated carbocycles. The molecule has 6 rings (SSSR count). The van der Waals surface area contributed by atoms with E-state index in [1.54, 1.807) is 0 Å². The highest BCUT2D eigenvalue weighted by Gasteiger charge is 2.54. The smallest absolute Gasteiger partial charge is 0.226 e. The van der Waals surface area contributed by atoms with Crippen LogP contribution in [0.2, 0.25) is 0 Å². The SMILES string of the molecule is O=C(NCCOCCOCCOCCN=C1SCC2C(O)C(O)C(O)C(O)N12)C12CC3CC(CC(C3)C1)C2. The molecule has 12 heteroatoms. The van der Waals surface area contributed by atoms with Gasteiger partial charge in [-0.05, 0) is 56.3 Å². The third-order valence-corrected chi connectivity index (χ3v) is 10.0. The standard InChI is InChI=1S/C26H43N3O8S/c30-20-19-15-38-25(29(19)23(33)22(32)21(20)31)28-2-4-36-6-8-37-7-5-35-3-1-27-24(34)26-12-16-9-17(13-26)11-18(10-16)14-26/h16-23,30-33H,1-15H2,(H,27,34). The molecule has 2 saturated heterocycles. The number of thioether (sulfide) groups is 1. The second-order valence-corrected chi connectivity index (χ2v) is 12.6. The molecule has 6 fully saturated rings. The van der Waals surface area contributed by atoms with E-state index in [9.17, 15) is 25.2 Å². The molecule has 216 valence electrons. The maximum absolute atomic E-state index is 12.9. The molecule has 2 heterocycles. The normalized spacial score (nSPS) is 40.6. The summed E-state index contributed by atoms with van der Waals surface area (Å²) in [5.41, 5.74) is -0.106. The lowest BCUT2D eigenvalue weighted by Crippen LogP contribution is -2.65. The molecule has 2 aliphatic heterocycles. The Bertz CT molecular complexity index is 812. The van der Waals surface area contributed by atoms with Crippen LogP contribution in [0.3, 0.4) is 0 Å². The molecule has 0 aromatic rings. The van der Waals surface area contributed by atoms with Crippen LogP contribution in [-0.2, 0) is 19.0 Å². The maximum Gasteiger partial charge on any atom is 0.226 e. The summed E-state index contributed by atoms with van der Waals surface area (Å²) < 4.78 is 16.7. The van der Waals surface area contributed by atoms with Crippen molar-refractivity contribution in [3.05, 3.63) is 0 Å². The van der Waals surface area contributed by atoms with Crippen molar-refractivity contribution >= 4 is 22.8 Å². The van der Waals surface area contributed by atoms with Crippen molar-refractivity contribution in [2.45, 2.75) is 69.1 Å². The summed E-state index contributed by atoms with van der Waals surface area (Å²) in [5, 5.41) is 43.8. The molecular weight excluding hydrogens is 514 g/mol. The molecule has 0 aromatic carbocycles. The molecule has 0 aromatic heterocycles. The first kappa shape index (κ1) is 28.5. The lowest BCUT2D eigenvalue weighted by molar-refractivity contribution is -0.190. The Morgan fingerprint density at radius 2 is 1.45 bits per heavy atom. The second kappa shape index (κ2) is 12.7. The van der Waals surface area contributed by atoms with E-state index >= 15 is 0 Å². The number of aliphatic hydroxyl groups is 4. The van der Waals surface area contributed by atoms with Gasteiger partial charge in [-0.2, -0.15) is 0 Å². The van der Waals surface area contributed by atoms with E-state index in [4.69, 9.17) is 14.2 Å². The van der Waals surface area contributed by atoms with Crippen LogP contribution >= 0.6 is 11.8 Å². The summed E-state index contributed by atoms with van der Waals surface area (Å²) >= 11 is 1.37. The third-order valence-electron chi connectivity index (χ3n) is 8.92. The van der Waals surface area contributed by atoms with Crippen LogP contribution < -0.4 is 5.32 Å². The van der Waals surface area contributed by atoms with Crippen molar-refractivity contribution in [3.8, 4) is 0 Å². The third kappa shape index (κ3) is 6.17. The lowest BCUT2D eigenvalue weighted by atomic mass is 9.49. The quantitative estimate of drug-likeness (QED) is 0.188. The summed E-state index contributed by atoms with van der Waals surface area (Å²) in [4.78, 5) is 18.8. The number of ether oxygens (including phenoxy) is 3. The molecule has 5 atom stereocenters. The molecule has 4 bridgehead atoms. The van der Waals surface area contributed by atoms with Gasteiger partial charge in [-0.1, -0.05) is 11.8 Å². The van der Waals surface area contributed by atoms with Gasteiger partial charge < -0.3 is 44.9 Å². The fourth-order valence-electron chi connectivity index (χ4n) is 7.49. The largest absolute Gasteiger partial charge is 0.388 e. The zero-order valence-corrected chi connectivity index (χ0v) is 22.8. The molecule has 1 amide bonds. The number of piperidine rings is 1. The lowest BCUT2D eigenvalue weighted by Gasteiger charge is -2.55. The van der Waals surface area contributed by atoms with Gasteiger partial charge in [0, 0.05) is 17.7 Å². The van der Waals surface area contributed by atoms with Gasteiger partial charge in [0.25, 0.3) is 0 Å². The van der Waals surface area contributed by atoms with E-state index in [0.29, 0.717) is 63.7 Å². The fraction of sp³-hybridized carbons (Fsp3) is 0.923. The molecule has 5 N–H and O–H groups in total. The number of rotatable bonds is 13. The van der Waals surface area contributed by atoms with Gasteiger partial charge in [-0.15, -0.1) is 0 Å². The Morgan fingerprint density at radius 1 is 0.868 bits per heavy atom. The Morgan fingerprint density at radius 3 is 2.08 bits per heavy atom. The van der Waals surface area contributed by atoms with Gasteiger partial charge in [-0.3, -0.25) is 9.79 Å². The molecule has 4 aliphatic carbocycles. The van der Waals surface area contributed by atoms with Crippen LogP contribution in [0, 0.1) is 23.2 Å². The number of amidine groups is 1. The highest BCUT2D eigenvalue weighted by molar-refractivity contribution is 8.14. The Labute approximate surface area is 228 Å². The minimum absolute atomic E-state index is 0.106. The van der Waals surface area contributed by atoms with Gasteiger partial charge in [0.2, 0.25) is 5.91 Å². The molecule has 5 unspecified atom stereocenters. The highest BCUT2D eigenvalue weighted by atomic mass is 32.2. The fourth-order valence-corrected chi connectivity index (χ4v) is 8.74. The first-order valence-corrected chi connectivity index (χ1v) is 15.1. The van der Waals surface area contributed by atoms with Crippen LogP contribution in [0.1, 0.15) is 38.5 Å². The Kier molecular flexibility index (Phi) is 9.52. The molecule has 11 nitrogen and oxygen atoms in total. The number of fused-ring (bicyclic) bond motifs is 1. The van der Waals surface area contributed by atoms with Crippen molar-refractivity contribution < 1.29 is 39.4 Å². The summed E-state index contributed by atoms with van der Waals surface area (Å²) in [7, 11) is 0. The number of nitrogens with one attached hydrogen (secondary N) is 1.